The second-order valence-corrected chi connectivity index (χ2v) is 5.97. The predicted octanol–water partition coefficient (Wildman–Crippen LogP) is 5.78. The van der Waals surface area contributed by atoms with Crippen molar-refractivity contribution in [1.82, 2.24) is 4.98 Å². The normalized spacial score (nSPS) is 11.2. The summed E-state index contributed by atoms with van der Waals surface area (Å²) in [6, 6.07) is 9.94. The summed E-state index contributed by atoms with van der Waals surface area (Å²) in [5.74, 6) is 0.606. The number of oxazole rings is 1. The van der Waals surface area contributed by atoms with Crippen molar-refractivity contribution in [2.75, 3.05) is 0 Å². The first-order valence-corrected chi connectivity index (χ1v) is 7.61. The van der Waals surface area contributed by atoms with Gasteiger partial charge in [-0.25, -0.2) is 4.98 Å². The van der Waals surface area contributed by atoms with Crippen LogP contribution in [0.4, 0.5) is 0 Å². The summed E-state index contributed by atoms with van der Waals surface area (Å²) in [4.78, 5) is 4.58. The maximum atomic E-state index is 6.27. The molecule has 0 N–H and O–H groups in total. The lowest BCUT2D eigenvalue weighted by Crippen LogP contribution is -1.84. The average Bonchev–Trinajstić information content (AvgIpc) is 2.86. The molecule has 0 saturated heterocycles. The number of halogens is 2. The second-order valence-electron chi connectivity index (χ2n) is 4.71. The molecule has 0 unspecified atom stereocenters. The van der Waals surface area contributed by atoms with Gasteiger partial charge < -0.3 is 4.42 Å². The topological polar surface area (TPSA) is 26.0 Å². The van der Waals surface area contributed by atoms with Crippen molar-refractivity contribution >= 4 is 38.6 Å². The molecule has 0 aliphatic heterocycles. The van der Waals surface area contributed by atoms with Gasteiger partial charge in [0, 0.05) is 10.0 Å². The standard InChI is InChI=1S/C16H13BrClNO/c1-3-10-7-13(18)15-14(8-10)19-16(20-15)11-5-4-6-12(17)9(11)2/h4-8H,3H2,1-2H3. The van der Waals surface area contributed by atoms with Gasteiger partial charge in [-0.05, 0) is 48.7 Å². The monoisotopic (exact) mass is 349 g/mol. The Morgan fingerprint density at radius 1 is 1.30 bits per heavy atom. The van der Waals surface area contributed by atoms with Gasteiger partial charge in [0.1, 0.15) is 5.52 Å². The zero-order valence-electron chi connectivity index (χ0n) is 11.2. The van der Waals surface area contributed by atoms with Crippen molar-refractivity contribution in [3.8, 4) is 11.5 Å². The summed E-state index contributed by atoms with van der Waals surface area (Å²) in [6.45, 7) is 4.13. The number of benzene rings is 2. The van der Waals surface area contributed by atoms with Crippen molar-refractivity contribution in [2.45, 2.75) is 20.3 Å². The molecule has 0 aliphatic rings. The third-order valence-corrected chi connectivity index (χ3v) is 4.55. The van der Waals surface area contributed by atoms with Crippen LogP contribution in [0.5, 0.6) is 0 Å². The van der Waals surface area contributed by atoms with Gasteiger partial charge in [0.2, 0.25) is 5.89 Å². The fraction of sp³-hybridized carbons (Fsp3) is 0.188. The van der Waals surface area contributed by atoms with E-state index < -0.39 is 0 Å². The third-order valence-electron chi connectivity index (χ3n) is 3.41. The van der Waals surface area contributed by atoms with Gasteiger partial charge in [0.05, 0.1) is 5.02 Å². The Kier molecular flexibility index (Phi) is 3.57. The number of aryl methyl sites for hydroxylation is 1. The van der Waals surface area contributed by atoms with Crippen molar-refractivity contribution < 1.29 is 4.42 Å². The molecule has 3 aromatic rings. The van der Waals surface area contributed by atoms with Crippen LogP contribution in [-0.4, -0.2) is 4.98 Å². The summed E-state index contributed by atoms with van der Waals surface area (Å²) in [6.07, 6.45) is 0.924. The Balaban J connectivity index is 2.23. The minimum Gasteiger partial charge on any atom is -0.434 e. The molecule has 0 fully saturated rings. The minimum absolute atomic E-state index is 0.606. The highest BCUT2D eigenvalue weighted by atomic mass is 79.9. The minimum atomic E-state index is 0.606. The molecule has 1 heterocycles. The van der Waals surface area contributed by atoms with Gasteiger partial charge in [-0.1, -0.05) is 40.5 Å². The van der Waals surface area contributed by atoms with E-state index in [0.717, 1.165) is 33.1 Å². The molecule has 1 aromatic heterocycles. The fourth-order valence-corrected chi connectivity index (χ4v) is 2.85. The smallest absolute Gasteiger partial charge is 0.227 e. The van der Waals surface area contributed by atoms with E-state index in [9.17, 15) is 0 Å². The lowest BCUT2D eigenvalue weighted by atomic mass is 10.1. The van der Waals surface area contributed by atoms with Gasteiger partial charge in [-0.15, -0.1) is 0 Å². The maximum Gasteiger partial charge on any atom is 0.227 e. The van der Waals surface area contributed by atoms with E-state index in [0.29, 0.717) is 16.5 Å². The van der Waals surface area contributed by atoms with Crippen molar-refractivity contribution in [2.24, 2.45) is 0 Å². The Hall–Kier alpha value is -1.32. The molecule has 102 valence electrons. The van der Waals surface area contributed by atoms with Crippen molar-refractivity contribution in [3.05, 3.63) is 51.0 Å². The van der Waals surface area contributed by atoms with E-state index in [2.05, 4.69) is 27.8 Å². The molecule has 0 spiro atoms. The molecule has 0 bridgehead atoms. The van der Waals surface area contributed by atoms with Gasteiger partial charge in [0.15, 0.2) is 5.58 Å². The van der Waals surface area contributed by atoms with Gasteiger partial charge in [0.25, 0.3) is 0 Å². The molecule has 0 aliphatic carbocycles. The molecule has 4 heteroatoms. The Bertz CT molecular complexity index is 795. The number of fused-ring (bicyclic) bond motifs is 1. The fourth-order valence-electron chi connectivity index (χ4n) is 2.20. The molecule has 0 radical (unpaired) electrons. The quantitative estimate of drug-likeness (QED) is 0.585. The zero-order chi connectivity index (χ0) is 14.3. The molecule has 0 saturated carbocycles. The highest BCUT2D eigenvalue weighted by Gasteiger charge is 2.14. The van der Waals surface area contributed by atoms with Crippen LogP contribution < -0.4 is 0 Å². The molecular formula is C16H13BrClNO. The molecule has 2 aromatic carbocycles. The van der Waals surface area contributed by atoms with Crippen molar-refractivity contribution in [3.63, 3.8) is 0 Å². The van der Waals surface area contributed by atoms with Crippen LogP contribution in [0.25, 0.3) is 22.6 Å². The van der Waals surface area contributed by atoms with E-state index in [1.54, 1.807) is 0 Å². The van der Waals surface area contributed by atoms with E-state index in [1.807, 2.05) is 37.3 Å². The Labute approximate surface area is 130 Å². The molecule has 0 atom stereocenters. The van der Waals surface area contributed by atoms with Gasteiger partial charge in [-0.2, -0.15) is 0 Å². The molecule has 3 rings (SSSR count). The number of aromatic nitrogens is 1. The first-order chi connectivity index (χ1) is 9.60. The van der Waals surface area contributed by atoms with E-state index >= 15 is 0 Å². The first kappa shape index (κ1) is 13.7. The van der Waals surface area contributed by atoms with Crippen LogP contribution in [0.15, 0.2) is 39.2 Å². The molecular weight excluding hydrogens is 338 g/mol. The maximum absolute atomic E-state index is 6.27. The first-order valence-electron chi connectivity index (χ1n) is 6.44. The van der Waals surface area contributed by atoms with Crippen LogP contribution in [0, 0.1) is 6.92 Å². The predicted molar refractivity (Wildman–Crippen MR) is 86.3 cm³/mol. The number of hydrogen-bond acceptors (Lipinski definition) is 2. The summed E-state index contributed by atoms with van der Waals surface area (Å²) >= 11 is 9.80. The summed E-state index contributed by atoms with van der Waals surface area (Å²) in [5, 5.41) is 0.616. The van der Waals surface area contributed by atoms with Crippen LogP contribution >= 0.6 is 27.5 Å². The largest absolute Gasteiger partial charge is 0.434 e. The number of nitrogens with zero attached hydrogens (tertiary/aromatic N) is 1. The average molecular weight is 351 g/mol. The third kappa shape index (κ3) is 2.25. The van der Waals surface area contributed by atoms with Crippen LogP contribution in [0.1, 0.15) is 18.1 Å². The lowest BCUT2D eigenvalue weighted by Gasteiger charge is -2.02. The Morgan fingerprint density at radius 2 is 2.10 bits per heavy atom. The van der Waals surface area contributed by atoms with E-state index in [4.69, 9.17) is 16.0 Å². The van der Waals surface area contributed by atoms with Gasteiger partial charge >= 0.3 is 0 Å². The Morgan fingerprint density at radius 3 is 2.85 bits per heavy atom. The van der Waals surface area contributed by atoms with Crippen LogP contribution in [-0.2, 0) is 6.42 Å². The number of hydrogen-bond donors (Lipinski definition) is 0. The summed E-state index contributed by atoms with van der Waals surface area (Å²) < 4.78 is 6.90. The number of rotatable bonds is 2. The molecule has 20 heavy (non-hydrogen) atoms. The second kappa shape index (κ2) is 5.23. The van der Waals surface area contributed by atoms with Gasteiger partial charge in [-0.3, -0.25) is 0 Å². The van der Waals surface area contributed by atoms with Crippen LogP contribution in [0.3, 0.4) is 0 Å². The summed E-state index contributed by atoms with van der Waals surface area (Å²) in [7, 11) is 0. The van der Waals surface area contributed by atoms with E-state index in [-0.39, 0.29) is 0 Å². The zero-order valence-corrected chi connectivity index (χ0v) is 13.5. The highest BCUT2D eigenvalue weighted by Crippen LogP contribution is 2.33. The lowest BCUT2D eigenvalue weighted by molar-refractivity contribution is 0.619. The van der Waals surface area contributed by atoms with Crippen LogP contribution in [0.2, 0.25) is 5.02 Å². The highest BCUT2D eigenvalue weighted by molar-refractivity contribution is 9.10. The molecule has 0 amide bonds. The van der Waals surface area contributed by atoms with Crippen molar-refractivity contribution in [1.29, 1.82) is 0 Å². The summed E-state index contributed by atoms with van der Waals surface area (Å²) in [5.41, 5.74) is 4.70. The van der Waals surface area contributed by atoms with E-state index in [1.165, 1.54) is 0 Å². The molecule has 2 nitrogen and oxygen atoms in total. The SMILES string of the molecule is CCc1cc(Cl)c2oc(-c3cccc(Br)c3C)nc2c1.